The Bertz CT molecular complexity index is 3200. The van der Waals surface area contributed by atoms with Crippen LogP contribution in [0.5, 0.6) is 0 Å². The number of benzene rings is 8. The molecule has 0 atom stereocenters. The van der Waals surface area contributed by atoms with Gasteiger partial charge in [0.2, 0.25) is 0 Å². The molecule has 3 aromatic heterocycles. The number of fused-ring (bicyclic) bond motifs is 6. The van der Waals surface area contributed by atoms with Crippen LogP contribution in [0.2, 0.25) is 0 Å². The Labute approximate surface area is 322 Å². The second-order valence-corrected chi connectivity index (χ2v) is 14.1. The molecule has 8 aromatic carbocycles. The molecule has 0 bridgehead atoms. The van der Waals surface area contributed by atoms with Gasteiger partial charge in [-0.2, -0.15) is 0 Å². The molecule has 11 rings (SSSR count). The van der Waals surface area contributed by atoms with E-state index in [0.717, 1.165) is 66.6 Å². The number of nitrogens with zero attached hydrogens (tertiary/aromatic N) is 4. The smallest absolute Gasteiger partial charge is 0.164 e. The van der Waals surface area contributed by atoms with Crippen LogP contribution in [0.3, 0.4) is 0 Å². The number of furan rings is 1. The number of para-hydroxylation sites is 3. The number of rotatable bonds is 6. The molecule has 0 unspecified atom stereocenters. The quantitative estimate of drug-likeness (QED) is 0.172. The molecule has 0 radical (unpaired) electrons. The zero-order valence-electron chi connectivity index (χ0n) is 30.2. The van der Waals surface area contributed by atoms with E-state index in [4.69, 9.17) is 19.4 Å². The molecule has 0 N–H and O–H groups in total. The van der Waals surface area contributed by atoms with Crippen molar-refractivity contribution in [2.45, 2.75) is 0 Å². The molecule has 262 valence electrons. The topological polar surface area (TPSA) is 56.7 Å². The summed E-state index contributed by atoms with van der Waals surface area (Å²) >= 11 is 0. The fourth-order valence-corrected chi connectivity index (χ4v) is 7.93. The van der Waals surface area contributed by atoms with E-state index >= 15 is 0 Å². The Morgan fingerprint density at radius 2 is 0.786 bits per heavy atom. The molecule has 3 heterocycles. The molecule has 0 aliphatic carbocycles. The maximum absolute atomic E-state index is 6.27. The van der Waals surface area contributed by atoms with Crippen molar-refractivity contribution >= 4 is 43.7 Å². The SMILES string of the molecule is c1ccc(-c2cccc(-c3nc(-c4ccc(-c5cccc(-n6c7ccccc7c7ccccc76)c5)cc4)nc(-c4ccc5c(c4)oc4ccccc45)n3)c2)cc1. The predicted molar refractivity (Wildman–Crippen MR) is 229 cm³/mol. The van der Waals surface area contributed by atoms with E-state index < -0.39 is 0 Å². The van der Waals surface area contributed by atoms with Gasteiger partial charge in [-0.3, -0.25) is 0 Å². The number of hydrogen-bond donors (Lipinski definition) is 0. The van der Waals surface area contributed by atoms with Gasteiger partial charge in [0.1, 0.15) is 11.2 Å². The fraction of sp³-hybridized carbons (Fsp3) is 0. The van der Waals surface area contributed by atoms with Gasteiger partial charge in [-0.05, 0) is 70.8 Å². The van der Waals surface area contributed by atoms with Crippen LogP contribution in [-0.2, 0) is 0 Å². The monoisotopic (exact) mass is 716 g/mol. The van der Waals surface area contributed by atoms with Crippen LogP contribution in [0.25, 0.3) is 106 Å². The van der Waals surface area contributed by atoms with Crippen LogP contribution in [-0.4, -0.2) is 19.5 Å². The summed E-state index contributed by atoms with van der Waals surface area (Å²) in [6.45, 7) is 0. The minimum Gasteiger partial charge on any atom is -0.456 e. The summed E-state index contributed by atoms with van der Waals surface area (Å²) in [5, 5.41) is 4.65. The lowest BCUT2D eigenvalue weighted by Crippen LogP contribution is -2.00. The maximum atomic E-state index is 6.27. The zero-order valence-corrected chi connectivity index (χ0v) is 30.2. The van der Waals surface area contributed by atoms with Crippen molar-refractivity contribution in [2.75, 3.05) is 0 Å². The maximum Gasteiger partial charge on any atom is 0.164 e. The average Bonchev–Trinajstić information content (AvgIpc) is 3.82. The van der Waals surface area contributed by atoms with Crippen molar-refractivity contribution in [3.8, 4) is 62.1 Å². The van der Waals surface area contributed by atoms with Gasteiger partial charge in [0.25, 0.3) is 0 Å². The first-order chi connectivity index (χ1) is 27.7. The summed E-state index contributed by atoms with van der Waals surface area (Å²) in [6, 6.07) is 67.6. The van der Waals surface area contributed by atoms with Crippen LogP contribution < -0.4 is 0 Å². The van der Waals surface area contributed by atoms with Crippen molar-refractivity contribution in [1.82, 2.24) is 19.5 Å². The largest absolute Gasteiger partial charge is 0.456 e. The third-order valence-corrected chi connectivity index (χ3v) is 10.7. The molecule has 0 saturated heterocycles. The van der Waals surface area contributed by atoms with Crippen molar-refractivity contribution < 1.29 is 4.42 Å². The van der Waals surface area contributed by atoms with Gasteiger partial charge < -0.3 is 8.98 Å². The highest BCUT2D eigenvalue weighted by Crippen LogP contribution is 2.35. The third-order valence-electron chi connectivity index (χ3n) is 10.7. The molecule has 56 heavy (non-hydrogen) atoms. The third kappa shape index (κ3) is 5.45. The van der Waals surface area contributed by atoms with E-state index in [2.05, 4.69) is 168 Å². The minimum absolute atomic E-state index is 0.584. The molecule has 0 fully saturated rings. The first kappa shape index (κ1) is 31.9. The van der Waals surface area contributed by atoms with E-state index in [-0.39, 0.29) is 0 Å². The lowest BCUT2D eigenvalue weighted by molar-refractivity contribution is 0.669. The first-order valence-electron chi connectivity index (χ1n) is 18.8. The molecule has 0 aliphatic heterocycles. The molecule has 5 heteroatoms. The molecule has 0 spiro atoms. The standard InChI is InChI=1S/C51H32N4O/c1-2-12-33(13-3-1)36-14-10-16-38(30-36)50-52-49(53-51(54-50)39-28-29-44-43-20-6-9-23-47(43)56-48(44)32-39)35-26-24-34(25-27-35)37-15-11-17-40(31-37)55-45-21-7-4-18-41(45)42-19-5-8-22-46(42)55/h1-32H. The summed E-state index contributed by atoms with van der Waals surface area (Å²) in [7, 11) is 0. The van der Waals surface area contributed by atoms with E-state index in [0.29, 0.717) is 17.5 Å². The van der Waals surface area contributed by atoms with Crippen LogP contribution in [0, 0.1) is 0 Å². The summed E-state index contributed by atoms with van der Waals surface area (Å²) < 4.78 is 8.62. The van der Waals surface area contributed by atoms with E-state index in [1.54, 1.807) is 0 Å². The second-order valence-electron chi connectivity index (χ2n) is 14.1. The van der Waals surface area contributed by atoms with Gasteiger partial charge >= 0.3 is 0 Å². The Morgan fingerprint density at radius 1 is 0.304 bits per heavy atom. The highest BCUT2D eigenvalue weighted by molar-refractivity contribution is 6.09. The summed E-state index contributed by atoms with van der Waals surface area (Å²) in [5.74, 6) is 1.79. The van der Waals surface area contributed by atoms with Crippen molar-refractivity contribution in [1.29, 1.82) is 0 Å². The Balaban J connectivity index is 1.01. The normalized spacial score (nSPS) is 11.6. The van der Waals surface area contributed by atoms with E-state index in [1.165, 1.54) is 21.8 Å². The number of hydrogen-bond acceptors (Lipinski definition) is 4. The zero-order chi connectivity index (χ0) is 37.0. The van der Waals surface area contributed by atoms with Gasteiger partial charge in [-0.1, -0.05) is 146 Å². The highest BCUT2D eigenvalue weighted by Gasteiger charge is 2.16. The molecule has 0 aliphatic rings. The Morgan fingerprint density at radius 3 is 1.52 bits per heavy atom. The number of aromatic nitrogens is 4. The highest BCUT2D eigenvalue weighted by atomic mass is 16.3. The van der Waals surface area contributed by atoms with Gasteiger partial charge in [0, 0.05) is 43.9 Å². The average molecular weight is 717 g/mol. The van der Waals surface area contributed by atoms with Crippen molar-refractivity contribution in [3.05, 3.63) is 194 Å². The summed E-state index contributed by atoms with van der Waals surface area (Å²) in [6.07, 6.45) is 0. The first-order valence-corrected chi connectivity index (χ1v) is 18.8. The predicted octanol–water partition coefficient (Wildman–Crippen LogP) is 13.2. The molecule has 0 amide bonds. The van der Waals surface area contributed by atoms with E-state index in [9.17, 15) is 0 Å². The lowest BCUT2D eigenvalue weighted by Gasteiger charge is -2.11. The summed E-state index contributed by atoms with van der Waals surface area (Å²) in [5.41, 5.74) is 12.3. The van der Waals surface area contributed by atoms with Crippen molar-refractivity contribution in [2.24, 2.45) is 0 Å². The molecular formula is C51H32N4O. The van der Waals surface area contributed by atoms with Gasteiger partial charge in [-0.25, -0.2) is 15.0 Å². The van der Waals surface area contributed by atoms with Gasteiger partial charge in [0.15, 0.2) is 17.5 Å². The molecule has 5 nitrogen and oxygen atoms in total. The molecular weight excluding hydrogens is 685 g/mol. The molecule has 0 saturated carbocycles. The van der Waals surface area contributed by atoms with Crippen LogP contribution in [0.1, 0.15) is 0 Å². The van der Waals surface area contributed by atoms with Crippen molar-refractivity contribution in [3.63, 3.8) is 0 Å². The molecule has 11 aromatic rings. The minimum atomic E-state index is 0.584. The van der Waals surface area contributed by atoms with Gasteiger partial charge in [-0.15, -0.1) is 0 Å². The lowest BCUT2D eigenvalue weighted by atomic mass is 10.0. The second kappa shape index (κ2) is 13.0. The van der Waals surface area contributed by atoms with E-state index in [1.807, 2.05) is 30.3 Å². The Hall–Kier alpha value is -7.63. The van der Waals surface area contributed by atoms with Gasteiger partial charge in [0.05, 0.1) is 11.0 Å². The van der Waals surface area contributed by atoms with Crippen LogP contribution in [0.15, 0.2) is 199 Å². The fourth-order valence-electron chi connectivity index (χ4n) is 7.93. The van der Waals surface area contributed by atoms with Crippen LogP contribution in [0.4, 0.5) is 0 Å². The summed E-state index contributed by atoms with van der Waals surface area (Å²) in [4.78, 5) is 15.2. The van der Waals surface area contributed by atoms with Crippen LogP contribution >= 0.6 is 0 Å². The Kier molecular flexibility index (Phi) is 7.42.